The minimum atomic E-state index is -0.183. The summed E-state index contributed by atoms with van der Waals surface area (Å²) in [5.41, 5.74) is 6.60. The molecule has 1 N–H and O–H groups in total. The summed E-state index contributed by atoms with van der Waals surface area (Å²) in [6.07, 6.45) is 2.31. The van der Waals surface area contributed by atoms with Crippen molar-refractivity contribution in [2.45, 2.75) is 58.0 Å². The molecule has 2 bridgehead atoms. The molecule has 2 aliphatic rings. The van der Waals surface area contributed by atoms with E-state index < -0.39 is 0 Å². The second kappa shape index (κ2) is 13.4. The molecule has 2 atom stereocenters. The van der Waals surface area contributed by atoms with Gasteiger partial charge < -0.3 is 19.9 Å². The van der Waals surface area contributed by atoms with Crippen molar-refractivity contribution in [2.24, 2.45) is 0 Å². The van der Waals surface area contributed by atoms with Crippen LogP contribution in [0.4, 0.5) is 0 Å². The van der Waals surface area contributed by atoms with Crippen LogP contribution in [-0.2, 0) is 22.4 Å². The van der Waals surface area contributed by atoms with E-state index in [9.17, 15) is 9.59 Å². The molecule has 0 saturated carbocycles. The van der Waals surface area contributed by atoms with Crippen LogP contribution < -0.4 is 10.1 Å². The van der Waals surface area contributed by atoms with Gasteiger partial charge in [-0.1, -0.05) is 86.6 Å². The molecule has 2 amide bonds. The van der Waals surface area contributed by atoms with E-state index in [4.69, 9.17) is 4.74 Å². The number of likely N-dealkylation sites (N-methyl/N-ethyl adjacent to an activating group) is 1. The fourth-order valence-corrected chi connectivity index (χ4v) is 6.11. The molecule has 6 heteroatoms. The van der Waals surface area contributed by atoms with E-state index in [0.717, 1.165) is 35.3 Å². The van der Waals surface area contributed by atoms with E-state index in [1.165, 1.54) is 16.7 Å². The van der Waals surface area contributed by atoms with Gasteiger partial charge in [-0.25, -0.2) is 0 Å². The Bertz CT molecular complexity index is 1410. The number of piperazine rings is 1. The van der Waals surface area contributed by atoms with Gasteiger partial charge in [0.1, 0.15) is 5.75 Å². The molecule has 1 unspecified atom stereocenters. The Kier molecular flexibility index (Phi) is 9.43. The molecule has 220 valence electrons. The Balaban J connectivity index is 1.34. The highest BCUT2D eigenvalue weighted by molar-refractivity contribution is 6.03. The van der Waals surface area contributed by atoms with E-state index >= 15 is 0 Å². The average Bonchev–Trinajstić information content (AvgIpc) is 3.00. The molecular weight excluding hydrogens is 522 g/mol. The maximum Gasteiger partial charge on any atom is 0.251 e. The second-order valence-corrected chi connectivity index (χ2v) is 11.9. The normalized spacial score (nSPS) is 18.3. The van der Waals surface area contributed by atoms with Crippen LogP contribution in [0.15, 0.2) is 84.4 Å². The Morgan fingerprint density at radius 3 is 2.33 bits per heavy atom. The van der Waals surface area contributed by atoms with Gasteiger partial charge in [0.25, 0.3) is 5.91 Å². The number of carbonyl (C=O) groups is 2. The fourth-order valence-electron chi connectivity index (χ4n) is 6.11. The molecule has 3 aromatic carbocycles. The van der Waals surface area contributed by atoms with Gasteiger partial charge >= 0.3 is 0 Å². The van der Waals surface area contributed by atoms with E-state index in [-0.39, 0.29) is 23.9 Å². The van der Waals surface area contributed by atoms with Crippen molar-refractivity contribution in [1.82, 2.24) is 15.1 Å². The maximum atomic E-state index is 14.0. The number of rotatable bonds is 10. The highest BCUT2D eigenvalue weighted by Gasteiger charge is 2.39. The van der Waals surface area contributed by atoms with Crippen LogP contribution in [0.5, 0.6) is 5.75 Å². The quantitative estimate of drug-likeness (QED) is 0.354. The molecule has 0 aromatic heterocycles. The van der Waals surface area contributed by atoms with Crippen molar-refractivity contribution in [3.8, 4) is 5.75 Å². The monoisotopic (exact) mass is 565 g/mol. The number of benzene rings is 3. The van der Waals surface area contributed by atoms with Gasteiger partial charge in [0.05, 0.1) is 12.6 Å². The standard InChI is InChI=1S/C36H43N3O3/c1-25(2)31-12-8-9-13-34(31)42-21-19-28-14-16-29(17-15-28)32-22-30-23-39(26(3)40)24-33(37-30)35(32)36(41)38(4)20-18-27-10-6-5-7-11-27/h5-17,25,30,33,37H,18-24H2,1-4H3/t30?,33-/m1/s1. The number of carbonyl (C=O) groups excluding carboxylic acids is 2. The molecule has 0 aliphatic carbocycles. The van der Waals surface area contributed by atoms with Crippen LogP contribution in [0.3, 0.4) is 0 Å². The summed E-state index contributed by atoms with van der Waals surface area (Å²) < 4.78 is 6.16. The topological polar surface area (TPSA) is 61.9 Å². The van der Waals surface area contributed by atoms with Gasteiger partial charge in [-0.05, 0) is 52.7 Å². The van der Waals surface area contributed by atoms with Gasteiger partial charge in [-0.3, -0.25) is 9.59 Å². The lowest BCUT2D eigenvalue weighted by molar-refractivity contribution is -0.132. The highest BCUT2D eigenvalue weighted by Crippen LogP contribution is 2.34. The first kappa shape index (κ1) is 29.6. The summed E-state index contributed by atoms with van der Waals surface area (Å²) in [6, 6.07) is 27.1. The third-order valence-corrected chi connectivity index (χ3v) is 8.50. The summed E-state index contributed by atoms with van der Waals surface area (Å²) >= 11 is 0. The van der Waals surface area contributed by atoms with Crippen molar-refractivity contribution in [2.75, 3.05) is 33.3 Å². The van der Waals surface area contributed by atoms with Crippen LogP contribution >= 0.6 is 0 Å². The molecule has 6 nitrogen and oxygen atoms in total. The molecule has 1 saturated heterocycles. The number of nitrogens with one attached hydrogen (secondary N) is 1. The molecule has 1 fully saturated rings. The first-order valence-corrected chi connectivity index (χ1v) is 15.1. The van der Waals surface area contributed by atoms with Crippen molar-refractivity contribution in [3.63, 3.8) is 0 Å². The van der Waals surface area contributed by atoms with Gasteiger partial charge in [0.2, 0.25) is 5.91 Å². The van der Waals surface area contributed by atoms with E-state index in [1.807, 2.05) is 47.2 Å². The summed E-state index contributed by atoms with van der Waals surface area (Å²) in [5, 5.41) is 3.65. The highest BCUT2D eigenvalue weighted by atomic mass is 16.5. The minimum absolute atomic E-state index is 0.0311. The number of hydrogen-bond donors (Lipinski definition) is 1. The third-order valence-electron chi connectivity index (χ3n) is 8.50. The van der Waals surface area contributed by atoms with Crippen LogP contribution in [0.1, 0.15) is 55.4 Å². The van der Waals surface area contributed by atoms with Crippen molar-refractivity contribution in [3.05, 3.63) is 107 Å². The van der Waals surface area contributed by atoms with Gasteiger partial charge in [-0.15, -0.1) is 0 Å². The number of ether oxygens (including phenoxy) is 1. The molecule has 2 heterocycles. The lowest BCUT2D eigenvalue weighted by Crippen LogP contribution is -2.61. The minimum Gasteiger partial charge on any atom is -0.493 e. The zero-order valence-corrected chi connectivity index (χ0v) is 25.3. The second-order valence-electron chi connectivity index (χ2n) is 11.9. The number of nitrogens with zero attached hydrogens (tertiary/aromatic N) is 2. The van der Waals surface area contributed by atoms with E-state index in [0.29, 0.717) is 38.6 Å². The Labute approximate surface area is 250 Å². The molecule has 5 rings (SSSR count). The molecule has 2 aliphatic heterocycles. The van der Waals surface area contributed by atoms with E-state index in [1.54, 1.807) is 6.92 Å². The smallest absolute Gasteiger partial charge is 0.251 e. The average molecular weight is 566 g/mol. The summed E-state index contributed by atoms with van der Waals surface area (Å²) in [7, 11) is 1.88. The van der Waals surface area contributed by atoms with Crippen LogP contribution in [0, 0.1) is 0 Å². The molecule has 0 radical (unpaired) electrons. The molecular formula is C36H43N3O3. The molecule has 3 aromatic rings. The zero-order valence-electron chi connectivity index (χ0n) is 25.3. The van der Waals surface area contributed by atoms with Crippen molar-refractivity contribution >= 4 is 17.4 Å². The van der Waals surface area contributed by atoms with Crippen molar-refractivity contribution in [1.29, 1.82) is 0 Å². The predicted octanol–water partition coefficient (Wildman–Crippen LogP) is 5.48. The number of para-hydroxylation sites is 1. The Morgan fingerprint density at radius 1 is 0.929 bits per heavy atom. The van der Waals surface area contributed by atoms with Gasteiger partial charge in [-0.2, -0.15) is 0 Å². The largest absolute Gasteiger partial charge is 0.493 e. The fraction of sp³-hybridized carbons (Fsp3) is 0.389. The number of amides is 2. The lowest BCUT2D eigenvalue weighted by atomic mass is 9.82. The van der Waals surface area contributed by atoms with Crippen LogP contribution in [0.2, 0.25) is 0 Å². The summed E-state index contributed by atoms with van der Waals surface area (Å²) in [6.45, 7) is 8.39. The maximum absolute atomic E-state index is 14.0. The zero-order chi connectivity index (χ0) is 29.6. The molecule has 42 heavy (non-hydrogen) atoms. The predicted molar refractivity (Wildman–Crippen MR) is 168 cm³/mol. The SMILES string of the molecule is CC(=O)N1CC2CC(c3ccc(CCOc4ccccc4C(C)C)cc3)=C(C(=O)N(C)CCc3ccccc3)[C@@H](C1)N2. The lowest BCUT2D eigenvalue weighted by Gasteiger charge is -2.44. The third kappa shape index (κ3) is 6.93. The number of hydrogen-bond acceptors (Lipinski definition) is 4. The number of fused-ring (bicyclic) bond motifs is 2. The van der Waals surface area contributed by atoms with Gasteiger partial charge in [0.15, 0.2) is 0 Å². The van der Waals surface area contributed by atoms with Crippen LogP contribution in [-0.4, -0.2) is 67.0 Å². The van der Waals surface area contributed by atoms with E-state index in [2.05, 4.69) is 67.7 Å². The Morgan fingerprint density at radius 2 is 1.62 bits per heavy atom. The summed E-state index contributed by atoms with van der Waals surface area (Å²) in [5.74, 6) is 1.45. The Hall–Kier alpha value is -3.90. The van der Waals surface area contributed by atoms with Crippen LogP contribution in [0.25, 0.3) is 5.57 Å². The first-order chi connectivity index (χ1) is 20.3. The molecule has 0 spiro atoms. The first-order valence-electron chi connectivity index (χ1n) is 15.1. The summed E-state index contributed by atoms with van der Waals surface area (Å²) in [4.78, 5) is 30.0. The van der Waals surface area contributed by atoms with Gasteiger partial charge in [0, 0.05) is 51.6 Å². The van der Waals surface area contributed by atoms with Crippen molar-refractivity contribution < 1.29 is 14.3 Å².